The van der Waals surface area contributed by atoms with Crippen molar-refractivity contribution in [3.05, 3.63) is 40.2 Å². The summed E-state index contributed by atoms with van der Waals surface area (Å²) in [5.74, 6) is 0.716. The SMILES string of the molecule is [C-]#[N+]Cc1ccc(OC)cc1Cl. The van der Waals surface area contributed by atoms with Crippen LogP contribution >= 0.6 is 11.6 Å². The largest absolute Gasteiger partial charge is 0.497 e. The van der Waals surface area contributed by atoms with Crippen LogP contribution in [0.15, 0.2) is 18.2 Å². The van der Waals surface area contributed by atoms with E-state index in [-0.39, 0.29) is 0 Å². The number of methoxy groups -OCH3 is 1. The molecular formula is C9H8ClNO. The predicted molar refractivity (Wildman–Crippen MR) is 48.3 cm³/mol. The van der Waals surface area contributed by atoms with Crippen LogP contribution in [-0.4, -0.2) is 7.11 Å². The van der Waals surface area contributed by atoms with E-state index in [1.54, 1.807) is 25.3 Å². The van der Waals surface area contributed by atoms with Crippen molar-refractivity contribution in [2.45, 2.75) is 6.54 Å². The van der Waals surface area contributed by atoms with Gasteiger partial charge in [-0.05, 0) is 18.2 Å². The van der Waals surface area contributed by atoms with Crippen molar-refractivity contribution in [3.63, 3.8) is 0 Å². The maximum atomic E-state index is 6.67. The van der Waals surface area contributed by atoms with Gasteiger partial charge in [0.05, 0.1) is 12.1 Å². The van der Waals surface area contributed by atoms with Crippen LogP contribution in [0.5, 0.6) is 5.75 Å². The summed E-state index contributed by atoms with van der Waals surface area (Å²) in [6.07, 6.45) is 0. The molecule has 2 nitrogen and oxygen atoms in total. The van der Waals surface area contributed by atoms with E-state index in [4.69, 9.17) is 22.9 Å². The van der Waals surface area contributed by atoms with Gasteiger partial charge in [-0.3, -0.25) is 0 Å². The molecule has 0 saturated heterocycles. The second-order valence-electron chi connectivity index (χ2n) is 2.27. The van der Waals surface area contributed by atoms with Gasteiger partial charge in [0.15, 0.2) is 0 Å². The predicted octanol–water partition coefficient (Wildman–Crippen LogP) is 2.77. The van der Waals surface area contributed by atoms with Crippen molar-refractivity contribution < 1.29 is 4.74 Å². The quantitative estimate of drug-likeness (QED) is 0.640. The fourth-order valence-electron chi connectivity index (χ4n) is 0.868. The third kappa shape index (κ3) is 1.90. The molecule has 62 valence electrons. The zero-order valence-electron chi connectivity index (χ0n) is 6.67. The van der Waals surface area contributed by atoms with Crippen LogP contribution in [0.2, 0.25) is 5.02 Å². The zero-order chi connectivity index (χ0) is 8.97. The molecular weight excluding hydrogens is 174 g/mol. The normalized spacial score (nSPS) is 9.08. The molecule has 0 saturated carbocycles. The molecule has 0 aliphatic carbocycles. The van der Waals surface area contributed by atoms with Crippen LogP contribution in [0.1, 0.15) is 5.56 Å². The van der Waals surface area contributed by atoms with Gasteiger partial charge < -0.3 is 9.58 Å². The van der Waals surface area contributed by atoms with E-state index in [9.17, 15) is 0 Å². The van der Waals surface area contributed by atoms with Gasteiger partial charge in [0.1, 0.15) is 5.75 Å². The first-order valence-corrected chi connectivity index (χ1v) is 3.81. The Kier molecular flexibility index (Phi) is 2.95. The Morgan fingerprint density at radius 2 is 2.33 bits per heavy atom. The van der Waals surface area contributed by atoms with Crippen LogP contribution in [0.3, 0.4) is 0 Å². The summed E-state index contributed by atoms with van der Waals surface area (Å²) >= 11 is 5.86. The minimum Gasteiger partial charge on any atom is -0.497 e. The molecule has 0 aliphatic heterocycles. The van der Waals surface area contributed by atoms with E-state index in [0.717, 1.165) is 5.56 Å². The molecule has 0 radical (unpaired) electrons. The molecule has 0 unspecified atom stereocenters. The molecule has 0 heterocycles. The monoisotopic (exact) mass is 181 g/mol. The first-order chi connectivity index (χ1) is 5.77. The lowest BCUT2D eigenvalue weighted by Gasteiger charge is -2.01. The lowest BCUT2D eigenvalue weighted by molar-refractivity contribution is 0.414. The average Bonchev–Trinajstić information content (AvgIpc) is 2.09. The molecule has 0 aliphatic rings. The van der Waals surface area contributed by atoms with Gasteiger partial charge in [-0.1, -0.05) is 11.6 Å². The van der Waals surface area contributed by atoms with E-state index < -0.39 is 0 Å². The second kappa shape index (κ2) is 3.99. The van der Waals surface area contributed by atoms with Crippen LogP contribution in [0.4, 0.5) is 0 Å². The lowest BCUT2D eigenvalue weighted by Crippen LogP contribution is -1.85. The van der Waals surface area contributed by atoms with E-state index in [1.165, 1.54) is 0 Å². The molecule has 0 aromatic heterocycles. The Labute approximate surface area is 76.5 Å². The third-order valence-corrected chi connectivity index (χ3v) is 1.86. The van der Waals surface area contributed by atoms with Gasteiger partial charge in [0.2, 0.25) is 6.54 Å². The second-order valence-corrected chi connectivity index (χ2v) is 2.68. The van der Waals surface area contributed by atoms with Gasteiger partial charge in [0, 0.05) is 5.56 Å². The highest BCUT2D eigenvalue weighted by Crippen LogP contribution is 2.22. The summed E-state index contributed by atoms with van der Waals surface area (Å²) in [6.45, 7) is 6.99. The average molecular weight is 182 g/mol. The van der Waals surface area contributed by atoms with Crippen molar-refractivity contribution >= 4 is 11.6 Å². The molecule has 1 aromatic rings. The highest BCUT2D eigenvalue weighted by molar-refractivity contribution is 6.31. The van der Waals surface area contributed by atoms with Gasteiger partial charge in [-0.2, -0.15) is 0 Å². The smallest absolute Gasteiger partial charge is 0.241 e. The summed E-state index contributed by atoms with van der Waals surface area (Å²) < 4.78 is 4.97. The summed E-state index contributed by atoms with van der Waals surface area (Å²) in [5.41, 5.74) is 0.840. The van der Waals surface area contributed by atoms with Gasteiger partial charge in [0.25, 0.3) is 0 Å². The molecule has 1 aromatic carbocycles. The fourth-order valence-corrected chi connectivity index (χ4v) is 1.10. The summed E-state index contributed by atoms with van der Waals surface area (Å²) in [7, 11) is 1.58. The molecule has 0 bridgehead atoms. The van der Waals surface area contributed by atoms with Gasteiger partial charge >= 0.3 is 0 Å². The van der Waals surface area contributed by atoms with E-state index in [2.05, 4.69) is 4.85 Å². The minimum atomic E-state index is 0.322. The first kappa shape index (κ1) is 8.89. The number of hydrogen-bond acceptors (Lipinski definition) is 1. The van der Waals surface area contributed by atoms with Crippen molar-refractivity contribution in [2.75, 3.05) is 7.11 Å². The maximum absolute atomic E-state index is 6.67. The van der Waals surface area contributed by atoms with Crippen molar-refractivity contribution in [1.29, 1.82) is 0 Å². The van der Waals surface area contributed by atoms with Crippen LogP contribution in [-0.2, 0) is 6.54 Å². The van der Waals surface area contributed by atoms with E-state index >= 15 is 0 Å². The molecule has 0 spiro atoms. The molecule has 3 heteroatoms. The minimum absolute atomic E-state index is 0.322. The number of benzene rings is 1. The molecule has 12 heavy (non-hydrogen) atoms. The molecule has 0 fully saturated rings. The Balaban J connectivity index is 2.97. The zero-order valence-corrected chi connectivity index (χ0v) is 7.43. The Morgan fingerprint density at radius 1 is 1.58 bits per heavy atom. The van der Waals surface area contributed by atoms with E-state index in [0.29, 0.717) is 17.3 Å². The van der Waals surface area contributed by atoms with Crippen molar-refractivity contribution in [3.8, 4) is 5.75 Å². The van der Waals surface area contributed by atoms with Gasteiger partial charge in [-0.15, -0.1) is 0 Å². The Morgan fingerprint density at radius 3 is 2.83 bits per heavy atom. The number of hydrogen-bond donors (Lipinski definition) is 0. The molecule has 0 amide bonds. The third-order valence-electron chi connectivity index (χ3n) is 1.51. The van der Waals surface area contributed by atoms with Gasteiger partial charge in [-0.25, -0.2) is 6.57 Å². The summed E-state index contributed by atoms with van der Waals surface area (Å²) in [6, 6.07) is 5.31. The highest BCUT2D eigenvalue weighted by Gasteiger charge is 2.03. The first-order valence-electron chi connectivity index (χ1n) is 3.43. The molecule has 1 rings (SSSR count). The number of ether oxygens (including phenoxy) is 1. The Bertz CT molecular complexity index is 317. The highest BCUT2D eigenvalue weighted by atomic mass is 35.5. The number of nitrogens with zero attached hydrogens (tertiary/aromatic N) is 1. The number of rotatable bonds is 2. The molecule has 0 N–H and O–H groups in total. The lowest BCUT2D eigenvalue weighted by atomic mass is 10.2. The van der Waals surface area contributed by atoms with Crippen LogP contribution in [0, 0.1) is 6.57 Å². The van der Waals surface area contributed by atoms with Crippen molar-refractivity contribution in [2.24, 2.45) is 0 Å². The molecule has 0 atom stereocenters. The summed E-state index contributed by atoms with van der Waals surface area (Å²) in [4.78, 5) is 3.25. The maximum Gasteiger partial charge on any atom is 0.241 e. The van der Waals surface area contributed by atoms with E-state index in [1.807, 2.05) is 0 Å². The topological polar surface area (TPSA) is 13.6 Å². The summed E-state index contributed by atoms with van der Waals surface area (Å²) in [5, 5.41) is 0.588. The Hall–Kier alpha value is -1.20. The van der Waals surface area contributed by atoms with Crippen LogP contribution in [0.25, 0.3) is 4.85 Å². The fraction of sp³-hybridized carbons (Fsp3) is 0.222. The van der Waals surface area contributed by atoms with Crippen LogP contribution < -0.4 is 4.74 Å². The van der Waals surface area contributed by atoms with Crippen molar-refractivity contribution in [1.82, 2.24) is 0 Å². The standard InChI is InChI=1S/C9H8ClNO/c1-11-6-7-3-4-8(12-2)5-9(7)10/h3-5H,6H2,2H3. The number of halogens is 1.